The molecule has 17 heavy (non-hydrogen) atoms. The van der Waals surface area contributed by atoms with Crippen LogP contribution in [0.25, 0.3) is 0 Å². The lowest BCUT2D eigenvalue weighted by Crippen LogP contribution is -2.12. The molecular formula is C12H16N4S. The van der Waals surface area contributed by atoms with Crippen molar-refractivity contribution in [1.29, 1.82) is 0 Å². The number of aromatic nitrogens is 1. The maximum Gasteiger partial charge on any atom is 0.0767 e. The molecule has 0 radical (unpaired) electrons. The van der Waals surface area contributed by atoms with Gasteiger partial charge >= 0.3 is 0 Å². The van der Waals surface area contributed by atoms with Gasteiger partial charge in [0.1, 0.15) is 0 Å². The summed E-state index contributed by atoms with van der Waals surface area (Å²) in [4.78, 5) is 7.34. The summed E-state index contributed by atoms with van der Waals surface area (Å²) < 4.78 is 0. The van der Waals surface area contributed by atoms with Crippen molar-refractivity contribution in [2.24, 2.45) is 0 Å². The number of rotatable bonds is 4. The third-order valence-electron chi connectivity index (χ3n) is 2.50. The highest BCUT2D eigenvalue weighted by molar-refractivity contribution is 7.10. The Labute approximate surface area is 105 Å². The maximum absolute atomic E-state index is 5.85. The molecule has 0 spiro atoms. The van der Waals surface area contributed by atoms with E-state index in [0.717, 1.165) is 28.5 Å². The first-order valence-corrected chi connectivity index (χ1v) is 6.23. The van der Waals surface area contributed by atoms with Crippen LogP contribution in [-0.4, -0.2) is 19.1 Å². The molecule has 2 rings (SSSR count). The lowest BCUT2D eigenvalue weighted by atomic mass is 10.3. The normalized spacial score (nSPS) is 10.2. The largest absolute Gasteiger partial charge is 0.398 e. The van der Waals surface area contributed by atoms with Crippen LogP contribution in [0.2, 0.25) is 0 Å². The number of nitrogen functional groups attached to an aromatic ring is 1. The molecule has 5 heteroatoms. The fraction of sp³-hybridized carbons (Fsp3) is 0.250. The van der Waals surface area contributed by atoms with Gasteiger partial charge in [-0.15, -0.1) is 11.3 Å². The number of thiophene rings is 1. The van der Waals surface area contributed by atoms with E-state index in [2.05, 4.69) is 15.2 Å². The minimum atomic E-state index is 0.732. The summed E-state index contributed by atoms with van der Waals surface area (Å²) in [6, 6.07) is 3.91. The first kappa shape index (κ1) is 11.7. The van der Waals surface area contributed by atoms with Gasteiger partial charge in [-0.05, 0) is 17.5 Å². The molecule has 0 amide bonds. The molecule has 0 atom stereocenters. The molecule has 2 aromatic rings. The first-order chi connectivity index (χ1) is 8.18. The van der Waals surface area contributed by atoms with Gasteiger partial charge in [0, 0.05) is 30.9 Å². The second-order valence-corrected chi connectivity index (χ2v) is 4.94. The molecule has 0 aliphatic rings. The highest BCUT2D eigenvalue weighted by atomic mass is 32.1. The number of anilines is 3. The van der Waals surface area contributed by atoms with Crippen molar-refractivity contribution in [3.05, 3.63) is 34.8 Å². The summed E-state index contributed by atoms with van der Waals surface area (Å²) in [5.74, 6) is 0. The molecule has 2 heterocycles. The Morgan fingerprint density at radius 3 is 2.88 bits per heavy atom. The Bertz CT molecular complexity index is 493. The molecule has 0 aromatic carbocycles. The van der Waals surface area contributed by atoms with E-state index in [9.17, 15) is 0 Å². The Kier molecular flexibility index (Phi) is 3.49. The van der Waals surface area contributed by atoms with Crippen LogP contribution in [0, 0.1) is 0 Å². The first-order valence-electron chi connectivity index (χ1n) is 5.35. The second-order valence-electron chi connectivity index (χ2n) is 3.94. The lowest BCUT2D eigenvalue weighted by molar-refractivity contribution is 1.10. The predicted molar refractivity (Wildman–Crippen MR) is 74.6 cm³/mol. The SMILES string of the molecule is CN(C)c1ccncc1NCc1sccc1N. The van der Waals surface area contributed by atoms with Gasteiger partial charge in [-0.3, -0.25) is 4.98 Å². The van der Waals surface area contributed by atoms with E-state index in [0.29, 0.717) is 0 Å². The van der Waals surface area contributed by atoms with Crippen molar-refractivity contribution >= 4 is 28.4 Å². The number of nitrogens with one attached hydrogen (secondary N) is 1. The van der Waals surface area contributed by atoms with Gasteiger partial charge in [-0.25, -0.2) is 0 Å². The Morgan fingerprint density at radius 2 is 2.24 bits per heavy atom. The molecule has 0 saturated heterocycles. The smallest absolute Gasteiger partial charge is 0.0767 e. The van der Waals surface area contributed by atoms with E-state index < -0.39 is 0 Å². The molecule has 0 aliphatic heterocycles. The van der Waals surface area contributed by atoms with E-state index in [4.69, 9.17) is 5.73 Å². The second kappa shape index (κ2) is 5.05. The Morgan fingerprint density at radius 1 is 1.41 bits per heavy atom. The van der Waals surface area contributed by atoms with Crippen LogP contribution >= 0.6 is 11.3 Å². The van der Waals surface area contributed by atoms with Crippen molar-refractivity contribution in [1.82, 2.24) is 4.98 Å². The Hall–Kier alpha value is -1.75. The zero-order valence-corrected chi connectivity index (χ0v) is 10.8. The molecular weight excluding hydrogens is 232 g/mol. The van der Waals surface area contributed by atoms with Crippen molar-refractivity contribution in [2.75, 3.05) is 30.0 Å². The number of hydrogen-bond donors (Lipinski definition) is 2. The molecule has 3 N–H and O–H groups in total. The van der Waals surface area contributed by atoms with Crippen molar-refractivity contribution in [3.8, 4) is 0 Å². The van der Waals surface area contributed by atoms with E-state index in [1.807, 2.05) is 37.8 Å². The maximum atomic E-state index is 5.85. The average Bonchev–Trinajstić information content (AvgIpc) is 2.72. The monoisotopic (exact) mass is 248 g/mol. The van der Waals surface area contributed by atoms with Gasteiger partial charge in [-0.1, -0.05) is 0 Å². The third-order valence-corrected chi connectivity index (χ3v) is 3.44. The molecule has 0 fully saturated rings. The van der Waals surface area contributed by atoms with Gasteiger partial charge in [0.15, 0.2) is 0 Å². The predicted octanol–water partition coefficient (Wildman–Crippen LogP) is 2.40. The van der Waals surface area contributed by atoms with Crippen LogP contribution in [0.3, 0.4) is 0 Å². The number of hydrogen-bond acceptors (Lipinski definition) is 5. The highest BCUT2D eigenvalue weighted by Crippen LogP contribution is 2.25. The minimum Gasteiger partial charge on any atom is -0.398 e. The van der Waals surface area contributed by atoms with Crippen LogP contribution < -0.4 is 16.0 Å². The van der Waals surface area contributed by atoms with Crippen LogP contribution in [0.1, 0.15) is 4.88 Å². The third kappa shape index (κ3) is 2.68. The molecule has 4 nitrogen and oxygen atoms in total. The van der Waals surface area contributed by atoms with E-state index >= 15 is 0 Å². The molecule has 2 aromatic heterocycles. The van der Waals surface area contributed by atoms with Crippen LogP contribution in [0.15, 0.2) is 29.9 Å². The average molecular weight is 248 g/mol. The minimum absolute atomic E-state index is 0.732. The van der Waals surface area contributed by atoms with Gasteiger partial charge < -0.3 is 16.0 Å². The van der Waals surface area contributed by atoms with E-state index in [1.54, 1.807) is 17.5 Å². The van der Waals surface area contributed by atoms with Crippen molar-refractivity contribution in [3.63, 3.8) is 0 Å². The standard InChI is InChI=1S/C12H16N4S/c1-16(2)11-3-5-14-7-10(11)15-8-12-9(13)4-6-17-12/h3-7,15H,8,13H2,1-2H3. The van der Waals surface area contributed by atoms with Crippen molar-refractivity contribution in [2.45, 2.75) is 6.54 Å². The van der Waals surface area contributed by atoms with Gasteiger partial charge in [0.05, 0.1) is 24.1 Å². The summed E-state index contributed by atoms with van der Waals surface area (Å²) >= 11 is 1.66. The van der Waals surface area contributed by atoms with Gasteiger partial charge in [-0.2, -0.15) is 0 Å². The molecule has 0 bridgehead atoms. The van der Waals surface area contributed by atoms with Crippen molar-refractivity contribution < 1.29 is 0 Å². The molecule has 0 saturated carbocycles. The summed E-state index contributed by atoms with van der Waals surface area (Å²) in [6.45, 7) is 0.732. The van der Waals surface area contributed by atoms with Gasteiger partial charge in [0.2, 0.25) is 0 Å². The summed E-state index contributed by atoms with van der Waals surface area (Å²) in [7, 11) is 4.03. The van der Waals surface area contributed by atoms with E-state index in [-0.39, 0.29) is 0 Å². The highest BCUT2D eigenvalue weighted by Gasteiger charge is 2.05. The van der Waals surface area contributed by atoms with Crippen LogP contribution in [0.5, 0.6) is 0 Å². The summed E-state index contributed by atoms with van der Waals surface area (Å²) in [6.07, 6.45) is 3.62. The topological polar surface area (TPSA) is 54.2 Å². The summed E-state index contributed by atoms with van der Waals surface area (Å²) in [5, 5.41) is 5.37. The molecule has 0 unspecified atom stereocenters. The number of nitrogens with two attached hydrogens (primary N) is 1. The zero-order chi connectivity index (χ0) is 12.3. The summed E-state index contributed by atoms with van der Waals surface area (Å²) in [5.41, 5.74) is 8.83. The van der Waals surface area contributed by atoms with Crippen LogP contribution in [0.4, 0.5) is 17.1 Å². The van der Waals surface area contributed by atoms with Gasteiger partial charge in [0.25, 0.3) is 0 Å². The van der Waals surface area contributed by atoms with Crippen LogP contribution in [-0.2, 0) is 6.54 Å². The van der Waals surface area contributed by atoms with E-state index in [1.165, 1.54) is 0 Å². The zero-order valence-electron chi connectivity index (χ0n) is 9.97. The molecule has 0 aliphatic carbocycles. The fourth-order valence-corrected chi connectivity index (χ4v) is 2.32. The molecule has 90 valence electrons. The number of pyridine rings is 1. The lowest BCUT2D eigenvalue weighted by Gasteiger charge is -2.17. The quantitative estimate of drug-likeness (QED) is 0.872. The fourth-order valence-electron chi connectivity index (χ4n) is 1.58. The number of nitrogens with zero attached hydrogens (tertiary/aromatic N) is 2. The Balaban J connectivity index is 2.11.